The number of nitrogens with two attached hydrogens (primary N) is 1. The third-order valence-electron chi connectivity index (χ3n) is 6.34. The van der Waals surface area contributed by atoms with Gasteiger partial charge in [0, 0.05) is 30.1 Å². The van der Waals surface area contributed by atoms with Crippen molar-refractivity contribution in [3.05, 3.63) is 83.3 Å². The van der Waals surface area contributed by atoms with E-state index in [1.165, 1.54) is 11.8 Å². The van der Waals surface area contributed by atoms with Gasteiger partial charge in [0.1, 0.15) is 23.4 Å². The average Bonchev–Trinajstić information content (AvgIpc) is 3.29. The van der Waals surface area contributed by atoms with Gasteiger partial charge in [0.25, 0.3) is 0 Å². The minimum atomic E-state index is -0.595. The van der Waals surface area contributed by atoms with Crippen molar-refractivity contribution < 1.29 is 18.6 Å². The van der Waals surface area contributed by atoms with Gasteiger partial charge in [0.05, 0.1) is 11.9 Å². The van der Waals surface area contributed by atoms with Gasteiger partial charge in [0.15, 0.2) is 0 Å². The molecule has 1 saturated heterocycles. The molecule has 2 aromatic carbocycles. The molecule has 0 spiro atoms. The van der Waals surface area contributed by atoms with E-state index >= 15 is 0 Å². The van der Waals surface area contributed by atoms with Crippen molar-refractivity contribution >= 4 is 23.2 Å². The highest BCUT2D eigenvalue weighted by Gasteiger charge is 2.26. The summed E-state index contributed by atoms with van der Waals surface area (Å²) >= 11 is 1.46. The number of aromatic nitrogens is 1. The molecule has 35 heavy (non-hydrogen) atoms. The molecule has 1 aromatic heterocycles. The van der Waals surface area contributed by atoms with Gasteiger partial charge in [-0.15, -0.1) is 11.8 Å². The zero-order chi connectivity index (χ0) is 24.4. The molecule has 182 valence electrons. The zero-order valence-corrected chi connectivity index (χ0v) is 20.0. The predicted octanol–water partition coefficient (Wildman–Crippen LogP) is 5.60. The van der Waals surface area contributed by atoms with E-state index in [4.69, 9.17) is 10.5 Å². The SMILES string of the molecule is Nc1ccc(C2C=C(c3ccc(O[C@H]4CCN(CCCF)C4)cc3)c3ccc(O)cc3S2)c(F)n1. The molecule has 8 heteroatoms. The molecule has 2 atom stereocenters. The number of phenols is 1. The second kappa shape index (κ2) is 10.3. The topological polar surface area (TPSA) is 71.6 Å². The molecule has 0 amide bonds. The Kier molecular flexibility index (Phi) is 6.92. The highest BCUT2D eigenvalue weighted by atomic mass is 32.2. The van der Waals surface area contributed by atoms with Gasteiger partial charge in [0.2, 0.25) is 5.95 Å². The number of benzene rings is 2. The number of likely N-dealkylation sites (tertiary alicyclic amines) is 1. The summed E-state index contributed by atoms with van der Waals surface area (Å²) in [5.74, 6) is 0.487. The van der Waals surface area contributed by atoms with Crippen LogP contribution in [0.25, 0.3) is 5.57 Å². The first-order chi connectivity index (χ1) is 17.0. The minimum absolute atomic E-state index is 0.0971. The smallest absolute Gasteiger partial charge is 0.219 e. The molecular weight excluding hydrogens is 468 g/mol. The Morgan fingerprint density at radius 2 is 1.97 bits per heavy atom. The summed E-state index contributed by atoms with van der Waals surface area (Å²) in [5.41, 5.74) is 8.97. The third kappa shape index (κ3) is 5.28. The fraction of sp³-hybridized carbons (Fsp3) is 0.296. The second-order valence-electron chi connectivity index (χ2n) is 8.81. The van der Waals surface area contributed by atoms with Crippen molar-refractivity contribution in [3.8, 4) is 11.5 Å². The molecule has 5 rings (SSSR count). The Labute approximate surface area is 207 Å². The Bertz CT molecular complexity index is 1240. The number of phenolic OH excluding ortho intramolecular Hbond substituents is 1. The highest BCUT2D eigenvalue weighted by Crippen LogP contribution is 2.48. The predicted molar refractivity (Wildman–Crippen MR) is 135 cm³/mol. The van der Waals surface area contributed by atoms with Crippen LogP contribution in [0.4, 0.5) is 14.6 Å². The van der Waals surface area contributed by atoms with E-state index in [2.05, 4.69) is 9.88 Å². The number of rotatable bonds is 7. The molecule has 0 radical (unpaired) electrons. The van der Waals surface area contributed by atoms with E-state index in [1.54, 1.807) is 24.3 Å². The lowest BCUT2D eigenvalue weighted by atomic mass is 9.95. The van der Waals surface area contributed by atoms with Gasteiger partial charge in [-0.3, -0.25) is 9.29 Å². The minimum Gasteiger partial charge on any atom is -0.508 e. The molecular formula is C27H27F2N3O2S. The zero-order valence-electron chi connectivity index (χ0n) is 19.2. The molecule has 3 N–H and O–H groups in total. The summed E-state index contributed by atoms with van der Waals surface area (Å²) < 4.78 is 33.3. The Morgan fingerprint density at radius 3 is 2.74 bits per heavy atom. The first-order valence-electron chi connectivity index (χ1n) is 11.7. The molecule has 2 aliphatic rings. The van der Waals surface area contributed by atoms with Crippen molar-refractivity contribution in [1.29, 1.82) is 0 Å². The number of fused-ring (bicyclic) bond motifs is 1. The fourth-order valence-electron chi connectivity index (χ4n) is 4.60. The molecule has 0 bridgehead atoms. The summed E-state index contributed by atoms with van der Waals surface area (Å²) in [6, 6.07) is 16.4. The lowest BCUT2D eigenvalue weighted by molar-refractivity contribution is 0.198. The summed E-state index contributed by atoms with van der Waals surface area (Å²) in [6.45, 7) is 2.21. The van der Waals surface area contributed by atoms with Crippen molar-refractivity contribution in [3.63, 3.8) is 0 Å². The van der Waals surface area contributed by atoms with Crippen LogP contribution in [-0.2, 0) is 0 Å². The van der Waals surface area contributed by atoms with E-state index in [9.17, 15) is 13.9 Å². The lowest BCUT2D eigenvalue weighted by Gasteiger charge is -2.25. The number of ether oxygens (including phenoxy) is 1. The van der Waals surface area contributed by atoms with Crippen LogP contribution in [0.2, 0.25) is 0 Å². The summed E-state index contributed by atoms with van der Waals surface area (Å²) in [7, 11) is 0. The number of alkyl halides is 1. The number of hydrogen-bond donors (Lipinski definition) is 2. The van der Waals surface area contributed by atoms with Crippen LogP contribution in [0.3, 0.4) is 0 Å². The summed E-state index contributed by atoms with van der Waals surface area (Å²) in [4.78, 5) is 6.88. The number of thioether (sulfide) groups is 1. The molecule has 0 aliphatic carbocycles. The summed E-state index contributed by atoms with van der Waals surface area (Å²) in [6.07, 6.45) is 3.61. The number of nitrogen functional groups attached to an aromatic ring is 1. The number of hydrogen-bond acceptors (Lipinski definition) is 6. The van der Waals surface area contributed by atoms with Crippen LogP contribution in [0.5, 0.6) is 11.5 Å². The van der Waals surface area contributed by atoms with Crippen molar-refractivity contribution in [2.45, 2.75) is 29.1 Å². The molecule has 1 fully saturated rings. The molecule has 1 unspecified atom stereocenters. The molecule has 3 aromatic rings. The Hall–Kier alpha value is -3.10. The quantitative estimate of drug-likeness (QED) is 0.416. The number of anilines is 1. The van der Waals surface area contributed by atoms with Crippen LogP contribution in [-0.4, -0.2) is 47.4 Å². The van der Waals surface area contributed by atoms with Crippen LogP contribution >= 0.6 is 11.8 Å². The van der Waals surface area contributed by atoms with Crippen LogP contribution < -0.4 is 10.5 Å². The normalized spacial score (nSPS) is 19.9. The number of halogens is 2. The van der Waals surface area contributed by atoms with E-state index in [1.807, 2.05) is 36.4 Å². The third-order valence-corrected chi connectivity index (χ3v) is 7.57. The standard InChI is InChI=1S/C27H27F2N3O2S/c28-11-1-12-32-13-10-20(16-32)34-19-5-2-17(3-6-19)23-15-25(22-8-9-26(30)31-27(22)29)35-24-14-18(33)4-7-21(23)24/h2-9,14-15,20,25,33H,1,10-13,16H2,(H2,30,31)/t20-,25?/m0/s1. The molecule has 5 nitrogen and oxygen atoms in total. The van der Waals surface area contributed by atoms with Crippen LogP contribution in [0, 0.1) is 5.95 Å². The number of pyridine rings is 1. The maximum absolute atomic E-state index is 14.6. The largest absolute Gasteiger partial charge is 0.508 e. The fourth-order valence-corrected chi connectivity index (χ4v) is 5.88. The van der Waals surface area contributed by atoms with Gasteiger partial charge in [-0.1, -0.05) is 18.2 Å². The van der Waals surface area contributed by atoms with E-state index < -0.39 is 5.95 Å². The van der Waals surface area contributed by atoms with Gasteiger partial charge in [-0.25, -0.2) is 4.98 Å². The molecule has 0 saturated carbocycles. The maximum atomic E-state index is 14.6. The molecule has 3 heterocycles. The first kappa shape index (κ1) is 23.6. The Morgan fingerprint density at radius 1 is 1.14 bits per heavy atom. The highest BCUT2D eigenvalue weighted by molar-refractivity contribution is 7.99. The monoisotopic (exact) mass is 495 g/mol. The van der Waals surface area contributed by atoms with Gasteiger partial charge < -0.3 is 15.6 Å². The number of aromatic hydroxyl groups is 1. The van der Waals surface area contributed by atoms with Crippen molar-refractivity contribution in [2.24, 2.45) is 0 Å². The lowest BCUT2D eigenvalue weighted by Crippen LogP contribution is -2.26. The number of nitrogens with zero attached hydrogens (tertiary/aromatic N) is 2. The van der Waals surface area contributed by atoms with E-state index in [0.717, 1.165) is 53.4 Å². The van der Waals surface area contributed by atoms with Crippen LogP contribution in [0.15, 0.2) is 65.6 Å². The maximum Gasteiger partial charge on any atom is 0.219 e. The summed E-state index contributed by atoms with van der Waals surface area (Å²) in [5, 5.41) is 9.74. The Balaban J connectivity index is 1.39. The van der Waals surface area contributed by atoms with E-state index in [0.29, 0.717) is 12.0 Å². The second-order valence-corrected chi connectivity index (χ2v) is 9.99. The van der Waals surface area contributed by atoms with Gasteiger partial charge in [-0.05, 0) is 72.0 Å². The van der Waals surface area contributed by atoms with Gasteiger partial charge >= 0.3 is 0 Å². The molecule has 2 aliphatic heterocycles. The van der Waals surface area contributed by atoms with Crippen molar-refractivity contribution in [1.82, 2.24) is 9.88 Å². The average molecular weight is 496 g/mol. The van der Waals surface area contributed by atoms with Crippen molar-refractivity contribution in [2.75, 3.05) is 32.0 Å². The van der Waals surface area contributed by atoms with E-state index in [-0.39, 0.29) is 29.6 Å². The first-order valence-corrected chi connectivity index (χ1v) is 12.6. The van der Waals surface area contributed by atoms with Gasteiger partial charge in [-0.2, -0.15) is 4.39 Å². The van der Waals surface area contributed by atoms with Crippen LogP contribution in [0.1, 0.15) is 34.8 Å².